The number of hydrogen-bond acceptors (Lipinski definition) is 0. The second-order valence-corrected chi connectivity index (χ2v) is 7.34. The third-order valence-electron chi connectivity index (χ3n) is 4.60. The average molecular weight is 427 g/mol. The molecule has 0 unspecified atom stereocenters. The molecule has 0 amide bonds. The number of aryl methyl sites for hydroxylation is 2. The fourth-order valence-electron chi connectivity index (χ4n) is 2.60. The van der Waals surface area contributed by atoms with Gasteiger partial charge in [-0.15, -0.1) is 6.58 Å². The maximum Gasteiger partial charge on any atom is -0.0184 e. The van der Waals surface area contributed by atoms with Gasteiger partial charge < -0.3 is 0 Å². The van der Waals surface area contributed by atoms with E-state index in [1.807, 2.05) is 33.8 Å². The van der Waals surface area contributed by atoms with Gasteiger partial charge >= 0.3 is 0 Å². The van der Waals surface area contributed by atoms with Crippen molar-refractivity contribution in [3.63, 3.8) is 0 Å². The van der Waals surface area contributed by atoms with Gasteiger partial charge in [0.05, 0.1) is 0 Å². The second kappa shape index (κ2) is 17.5. The van der Waals surface area contributed by atoms with Crippen molar-refractivity contribution in [2.75, 3.05) is 0 Å². The van der Waals surface area contributed by atoms with Crippen LogP contribution in [0.4, 0.5) is 0 Å². The number of benzene rings is 3. The van der Waals surface area contributed by atoms with E-state index in [1.165, 1.54) is 33.4 Å². The van der Waals surface area contributed by atoms with Crippen LogP contribution in [0.15, 0.2) is 109 Å². The minimum Gasteiger partial charge on any atom is -0.103 e. The van der Waals surface area contributed by atoms with Crippen LogP contribution in [0.3, 0.4) is 0 Å². The zero-order chi connectivity index (χ0) is 24.4. The maximum atomic E-state index is 3.95. The van der Waals surface area contributed by atoms with E-state index >= 15 is 0 Å². The molecular formula is C32H42. The van der Waals surface area contributed by atoms with Crippen LogP contribution in [0, 0.1) is 6.92 Å². The highest BCUT2D eigenvalue weighted by atomic mass is 14.0. The molecule has 170 valence electrons. The van der Waals surface area contributed by atoms with Crippen molar-refractivity contribution in [2.24, 2.45) is 0 Å². The fraction of sp³-hybridized carbons (Fsp3) is 0.250. The van der Waals surface area contributed by atoms with Crippen LogP contribution in [-0.4, -0.2) is 0 Å². The maximum absolute atomic E-state index is 3.95. The van der Waals surface area contributed by atoms with E-state index in [9.17, 15) is 0 Å². The highest BCUT2D eigenvalue weighted by Crippen LogP contribution is 2.20. The molecule has 0 fully saturated rings. The van der Waals surface area contributed by atoms with E-state index in [0.29, 0.717) is 0 Å². The largest absolute Gasteiger partial charge is 0.103 e. The summed E-state index contributed by atoms with van der Waals surface area (Å²) < 4.78 is 0. The van der Waals surface area contributed by atoms with Crippen molar-refractivity contribution < 1.29 is 0 Å². The Kier molecular flexibility index (Phi) is 15.8. The van der Waals surface area contributed by atoms with Gasteiger partial charge in [-0.25, -0.2) is 0 Å². The molecule has 0 aliphatic rings. The van der Waals surface area contributed by atoms with Gasteiger partial charge in [-0.2, -0.15) is 0 Å². The van der Waals surface area contributed by atoms with Crippen molar-refractivity contribution in [1.29, 1.82) is 0 Å². The third-order valence-corrected chi connectivity index (χ3v) is 4.60. The van der Waals surface area contributed by atoms with Crippen molar-refractivity contribution in [3.05, 3.63) is 126 Å². The second-order valence-electron chi connectivity index (χ2n) is 7.34. The summed E-state index contributed by atoms with van der Waals surface area (Å²) in [5.74, 6) is 0. The highest BCUT2D eigenvalue weighted by Gasteiger charge is 1.97. The van der Waals surface area contributed by atoms with E-state index < -0.39 is 0 Å². The summed E-state index contributed by atoms with van der Waals surface area (Å²) in [4.78, 5) is 0. The zero-order valence-electron chi connectivity index (χ0n) is 21.3. The van der Waals surface area contributed by atoms with E-state index in [-0.39, 0.29) is 0 Å². The van der Waals surface area contributed by atoms with Gasteiger partial charge in [-0.05, 0) is 61.9 Å². The molecule has 0 nitrogen and oxygen atoms in total. The monoisotopic (exact) mass is 426 g/mol. The molecule has 3 aromatic rings. The minimum absolute atomic E-state index is 1.11. The molecule has 0 atom stereocenters. The molecule has 0 heteroatoms. The molecule has 0 radical (unpaired) electrons. The molecule has 32 heavy (non-hydrogen) atoms. The summed E-state index contributed by atoms with van der Waals surface area (Å²) in [6, 6.07) is 27.7. The van der Waals surface area contributed by atoms with Crippen LogP contribution in [0.5, 0.6) is 0 Å². The lowest BCUT2D eigenvalue weighted by atomic mass is 10.0. The Balaban J connectivity index is 0.000000574. The first-order valence-corrected chi connectivity index (χ1v) is 11.5. The van der Waals surface area contributed by atoms with Gasteiger partial charge in [0.1, 0.15) is 0 Å². The molecule has 0 aliphatic heterocycles. The highest BCUT2D eigenvalue weighted by molar-refractivity contribution is 5.66. The first kappa shape index (κ1) is 28.9. The average Bonchev–Trinajstić information content (AvgIpc) is 2.83. The van der Waals surface area contributed by atoms with E-state index in [4.69, 9.17) is 0 Å². The molecule has 0 saturated carbocycles. The van der Waals surface area contributed by atoms with Gasteiger partial charge in [0.15, 0.2) is 0 Å². The molecule has 0 bridgehead atoms. The first-order chi connectivity index (χ1) is 15.4. The van der Waals surface area contributed by atoms with Crippen molar-refractivity contribution in [3.8, 4) is 11.1 Å². The Morgan fingerprint density at radius 2 is 1.25 bits per heavy atom. The predicted molar refractivity (Wildman–Crippen MR) is 148 cm³/mol. The Bertz CT molecular complexity index is 908. The van der Waals surface area contributed by atoms with Crippen LogP contribution in [0.2, 0.25) is 0 Å². The Hall–Kier alpha value is -3.12. The lowest BCUT2D eigenvalue weighted by Gasteiger charge is -2.03. The van der Waals surface area contributed by atoms with Crippen LogP contribution < -0.4 is 0 Å². The summed E-state index contributed by atoms with van der Waals surface area (Å²) in [5, 5.41) is 0. The van der Waals surface area contributed by atoms with E-state index in [1.54, 1.807) is 6.08 Å². The summed E-state index contributed by atoms with van der Waals surface area (Å²) in [6.45, 7) is 21.6. The standard InChI is InChI=1S/C18H18.C9H12.C3H6.C2H6/c1-14(2)15(3)13-16-9-11-18(12-10-16)17-7-5-4-6-8-17;1-3-9-6-4-8(2)5-7-9;1-3-2;1-2/h4-13H,1H2,2-3H3;4-7H,3H2,1-2H3;3H,1H2,2H3;1-2H3/b15-13+;;;. The Morgan fingerprint density at radius 3 is 1.69 bits per heavy atom. The number of hydrogen-bond donors (Lipinski definition) is 0. The smallest absolute Gasteiger partial charge is 0.0184 e. The van der Waals surface area contributed by atoms with Crippen LogP contribution in [0.1, 0.15) is 58.2 Å². The van der Waals surface area contributed by atoms with Crippen molar-refractivity contribution in [1.82, 2.24) is 0 Å². The molecule has 3 aromatic carbocycles. The topological polar surface area (TPSA) is 0 Å². The minimum atomic E-state index is 1.11. The van der Waals surface area contributed by atoms with E-state index in [0.717, 1.165) is 12.0 Å². The summed E-state index contributed by atoms with van der Waals surface area (Å²) in [7, 11) is 0. The Morgan fingerprint density at radius 1 is 0.781 bits per heavy atom. The molecular weight excluding hydrogens is 384 g/mol. The van der Waals surface area contributed by atoms with E-state index in [2.05, 4.69) is 113 Å². The quantitative estimate of drug-likeness (QED) is 0.287. The Labute approximate surface area is 198 Å². The normalized spacial score (nSPS) is 9.66. The van der Waals surface area contributed by atoms with Crippen molar-refractivity contribution >= 4 is 6.08 Å². The van der Waals surface area contributed by atoms with Gasteiger partial charge in [-0.1, -0.05) is 130 Å². The first-order valence-electron chi connectivity index (χ1n) is 11.5. The molecule has 0 N–H and O–H groups in total. The lowest BCUT2D eigenvalue weighted by molar-refractivity contribution is 1.14. The fourth-order valence-corrected chi connectivity index (χ4v) is 2.60. The van der Waals surface area contributed by atoms with Crippen LogP contribution in [0.25, 0.3) is 17.2 Å². The van der Waals surface area contributed by atoms with Gasteiger partial charge in [0.2, 0.25) is 0 Å². The predicted octanol–water partition coefficient (Wildman–Crippen LogP) is 10.1. The zero-order valence-corrected chi connectivity index (χ0v) is 21.3. The van der Waals surface area contributed by atoms with Gasteiger partial charge in [-0.3, -0.25) is 0 Å². The number of rotatable bonds is 4. The van der Waals surface area contributed by atoms with Crippen LogP contribution >= 0.6 is 0 Å². The lowest BCUT2D eigenvalue weighted by Crippen LogP contribution is -1.80. The summed E-state index contributed by atoms with van der Waals surface area (Å²) >= 11 is 0. The molecule has 3 rings (SSSR count). The van der Waals surface area contributed by atoms with Gasteiger partial charge in [0.25, 0.3) is 0 Å². The van der Waals surface area contributed by atoms with Crippen molar-refractivity contribution in [2.45, 2.75) is 54.9 Å². The van der Waals surface area contributed by atoms with Crippen LogP contribution in [-0.2, 0) is 6.42 Å². The molecule has 0 heterocycles. The number of allylic oxidation sites excluding steroid dienone is 3. The summed E-state index contributed by atoms with van der Waals surface area (Å²) in [5.41, 5.74) is 8.82. The molecule has 0 saturated heterocycles. The van der Waals surface area contributed by atoms with Gasteiger partial charge in [0, 0.05) is 0 Å². The third kappa shape index (κ3) is 11.9. The molecule has 0 aliphatic carbocycles. The SMILES string of the molecule is C=C(C)/C(C)=C/c1ccc(-c2ccccc2)cc1.C=CC.CC.CCc1ccc(C)cc1. The molecule has 0 spiro atoms. The molecule has 0 aromatic heterocycles. The summed E-state index contributed by atoms with van der Waals surface area (Å²) in [6.07, 6.45) is 5.05.